The predicted octanol–water partition coefficient (Wildman–Crippen LogP) is 0.747. The Morgan fingerprint density at radius 3 is 1.94 bits per heavy atom. The van der Waals surface area contributed by atoms with Crippen LogP contribution >= 0.6 is 0 Å². The van der Waals surface area contributed by atoms with Crippen molar-refractivity contribution in [2.75, 3.05) is 6.54 Å². The molecule has 2 rings (SSSR count). The Labute approximate surface area is 94.2 Å². The Morgan fingerprint density at radius 1 is 1.12 bits per heavy atom. The molecule has 0 atom stereocenters. The quantitative estimate of drug-likeness (QED) is 0.556. The molecule has 0 bridgehead atoms. The van der Waals surface area contributed by atoms with Gasteiger partial charge in [-0.05, 0) is 16.7 Å². The molecule has 2 aliphatic rings. The molecule has 1 aliphatic heterocycles. The summed E-state index contributed by atoms with van der Waals surface area (Å²) >= 11 is 0. The van der Waals surface area contributed by atoms with E-state index in [9.17, 15) is 14.4 Å². The normalized spacial score (nSPS) is 27.2. The molecule has 1 N–H and O–H groups in total. The van der Waals surface area contributed by atoms with Crippen LogP contribution < -0.4 is 5.32 Å². The van der Waals surface area contributed by atoms with Crippen molar-refractivity contribution in [2.45, 2.75) is 27.7 Å². The molecule has 4 amide bonds. The van der Waals surface area contributed by atoms with Gasteiger partial charge in [-0.15, -0.1) is 0 Å². The molecule has 2 fully saturated rings. The minimum absolute atomic E-state index is 0.0964. The van der Waals surface area contributed by atoms with Crippen LogP contribution in [0.3, 0.4) is 0 Å². The second-order valence-corrected chi connectivity index (χ2v) is 5.67. The standard InChI is InChI=1S/C11H16N2O3/c1-10(2)6(11(10,3)4)5-13-8(15)7(14)12-9(13)16/h6H,5H2,1-4H3,(H,12,14,16). The Kier molecular flexibility index (Phi) is 1.97. The maximum absolute atomic E-state index is 11.4. The van der Waals surface area contributed by atoms with Gasteiger partial charge in [0.25, 0.3) is 0 Å². The summed E-state index contributed by atoms with van der Waals surface area (Å²) in [7, 11) is 0. The third-order valence-electron chi connectivity index (χ3n) is 4.59. The van der Waals surface area contributed by atoms with Gasteiger partial charge >= 0.3 is 17.8 Å². The first-order chi connectivity index (χ1) is 7.19. The first-order valence-electron chi connectivity index (χ1n) is 5.36. The second-order valence-electron chi connectivity index (χ2n) is 5.67. The van der Waals surface area contributed by atoms with E-state index in [0.717, 1.165) is 4.90 Å². The molecule has 1 aliphatic carbocycles. The third-order valence-corrected chi connectivity index (χ3v) is 4.59. The van der Waals surface area contributed by atoms with Crippen LogP contribution in [0.15, 0.2) is 0 Å². The number of imide groups is 2. The van der Waals surface area contributed by atoms with Crippen molar-refractivity contribution >= 4 is 17.8 Å². The number of amides is 4. The van der Waals surface area contributed by atoms with E-state index in [1.807, 2.05) is 5.32 Å². The average Bonchev–Trinajstić information content (AvgIpc) is 2.39. The molecule has 0 aromatic carbocycles. The number of nitrogens with one attached hydrogen (secondary N) is 1. The Bertz CT molecular complexity index is 384. The van der Waals surface area contributed by atoms with Crippen LogP contribution in [0.5, 0.6) is 0 Å². The monoisotopic (exact) mass is 224 g/mol. The molecule has 0 spiro atoms. The van der Waals surface area contributed by atoms with Gasteiger partial charge in [0.15, 0.2) is 0 Å². The van der Waals surface area contributed by atoms with Crippen LogP contribution in [0, 0.1) is 16.7 Å². The number of nitrogens with zero attached hydrogens (tertiary/aromatic N) is 1. The number of urea groups is 1. The SMILES string of the molecule is CC1(C)C(CN2C(=O)NC(=O)C2=O)C1(C)C. The smallest absolute Gasteiger partial charge is 0.269 e. The van der Waals surface area contributed by atoms with Crippen molar-refractivity contribution in [3.63, 3.8) is 0 Å². The highest BCUT2D eigenvalue weighted by Gasteiger charge is 2.65. The van der Waals surface area contributed by atoms with E-state index in [-0.39, 0.29) is 16.7 Å². The summed E-state index contributed by atoms with van der Waals surface area (Å²) in [6.45, 7) is 8.77. The average molecular weight is 224 g/mol. The molecule has 1 saturated carbocycles. The van der Waals surface area contributed by atoms with Crippen molar-refractivity contribution in [3.8, 4) is 0 Å². The zero-order chi connectivity index (χ0) is 12.3. The molecular formula is C11H16N2O3. The predicted molar refractivity (Wildman–Crippen MR) is 56.3 cm³/mol. The lowest BCUT2D eigenvalue weighted by atomic mass is 10.0. The fourth-order valence-corrected chi connectivity index (χ4v) is 2.57. The molecule has 1 saturated heterocycles. The van der Waals surface area contributed by atoms with E-state index >= 15 is 0 Å². The minimum atomic E-state index is -0.818. The van der Waals surface area contributed by atoms with Crippen LogP contribution in [0.1, 0.15) is 27.7 Å². The summed E-state index contributed by atoms with van der Waals surface area (Å²) in [5.74, 6) is -1.30. The first-order valence-corrected chi connectivity index (χ1v) is 5.36. The Balaban J connectivity index is 2.11. The molecule has 5 nitrogen and oxygen atoms in total. The van der Waals surface area contributed by atoms with Crippen molar-refractivity contribution in [1.82, 2.24) is 10.2 Å². The van der Waals surface area contributed by atoms with Gasteiger partial charge in [0.1, 0.15) is 0 Å². The van der Waals surface area contributed by atoms with Crippen molar-refractivity contribution in [1.29, 1.82) is 0 Å². The largest absolute Gasteiger partial charge is 0.331 e. The van der Waals surface area contributed by atoms with Crippen LogP contribution in [0.4, 0.5) is 4.79 Å². The lowest BCUT2D eigenvalue weighted by Gasteiger charge is -2.12. The van der Waals surface area contributed by atoms with Gasteiger partial charge < -0.3 is 0 Å². The van der Waals surface area contributed by atoms with Crippen molar-refractivity contribution < 1.29 is 14.4 Å². The molecule has 0 radical (unpaired) electrons. The number of hydrogen-bond donors (Lipinski definition) is 1. The second kappa shape index (κ2) is 2.84. The number of carbonyl (C=O) groups excluding carboxylic acids is 3. The van der Waals surface area contributed by atoms with E-state index in [4.69, 9.17) is 0 Å². The lowest BCUT2D eigenvalue weighted by Crippen LogP contribution is -2.34. The summed E-state index contributed by atoms with van der Waals surface area (Å²) in [5, 5.41) is 2.00. The highest BCUT2D eigenvalue weighted by atomic mass is 16.2. The first kappa shape index (κ1) is 11.1. The van der Waals surface area contributed by atoms with Crippen LogP contribution in [0.2, 0.25) is 0 Å². The minimum Gasteiger partial charge on any atom is -0.269 e. The molecule has 0 aromatic heterocycles. The van der Waals surface area contributed by atoms with Gasteiger partial charge in [-0.1, -0.05) is 27.7 Å². The summed E-state index contributed by atoms with van der Waals surface area (Å²) in [6.07, 6.45) is 0. The molecular weight excluding hydrogens is 208 g/mol. The van der Waals surface area contributed by atoms with Crippen LogP contribution in [-0.4, -0.2) is 29.3 Å². The van der Waals surface area contributed by atoms with Gasteiger partial charge in [0.05, 0.1) is 0 Å². The summed E-state index contributed by atoms with van der Waals surface area (Å²) in [4.78, 5) is 34.8. The van der Waals surface area contributed by atoms with Gasteiger partial charge in [0, 0.05) is 6.54 Å². The van der Waals surface area contributed by atoms with Gasteiger partial charge in [-0.2, -0.15) is 0 Å². The zero-order valence-corrected chi connectivity index (χ0v) is 9.96. The summed E-state index contributed by atoms with van der Waals surface area (Å²) < 4.78 is 0. The van der Waals surface area contributed by atoms with E-state index in [0.29, 0.717) is 6.54 Å². The molecule has 0 aromatic rings. The van der Waals surface area contributed by atoms with Gasteiger partial charge in [0.2, 0.25) is 0 Å². The Hall–Kier alpha value is -1.39. The topological polar surface area (TPSA) is 66.5 Å². The Morgan fingerprint density at radius 2 is 1.62 bits per heavy atom. The lowest BCUT2D eigenvalue weighted by molar-refractivity contribution is -0.140. The molecule has 88 valence electrons. The maximum Gasteiger partial charge on any atom is 0.331 e. The fourth-order valence-electron chi connectivity index (χ4n) is 2.57. The number of hydrogen-bond acceptors (Lipinski definition) is 3. The summed E-state index contributed by atoms with van der Waals surface area (Å²) in [6, 6.07) is -0.589. The van der Waals surface area contributed by atoms with E-state index in [1.54, 1.807) is 0 Å². The van der Waals surface area contributed by atoms with Crippen LogP contribution in [-0.2, 0) is 9.59 Å². The maximum atomic E-state index is 11.4. The molecule has 16 heavy (non-hydrogen) atoms. The fraction of sp³-hybridized carbons (Fsp3) is 0.727. The number of rotatable bonds is 2. The molecule has 5 heteroatoms. The zero-order valence-electron chi connectivity index (χ0n) is 9.96. The summed E-state index contributed by atoms with van der Waals surface area (Å²) in [5.41, 5.74) is 0.193. The van der Waals surface area contributed by atoms with Crippen molar-refractivity contribution in [3.05, 3.63) is 0 Å². The highest BCUT2D eigenvalue weighted by Crippen LogP contribution is 2.68. The van der Waals surface area contributed by atoms with E-state index in [2.05, 4.69) is 27.7 Å². The van der Waals surface area contributed by atoms with E-state index in [1.165, 1.54) is 0 Å². The number of carbonyl (C=O) groups is 3. The highest BCUT2D eigenvalue weighted by molar-refractivity contribution is 6.44. The molecule has 0 unspecified atom stereocenters. The van der Waals surface area contributed by atoms with Gasteiger partial charge in [-0.3, -0.25) is 19.8 Å². The van der Waals surface area contributed by atoms with Crippen LogP contribution in [0.25, 0.3) is 0 Å². The van der Waals surface area contributed by atoms with Crippen molar-refractivity contribution in [2.24, 2.45) is 16.7 Å². The van der Waals surface area contributed by atoms with E-state index < -0.39 is 17.8 Å². The van der Waals surface area contributed by atoms with Gasteiger partial charge in [-0.25, -0.2) is 4.79 Å². The molecule has 1 heterocycles. The third kappa shape index (κ3) is 1.20.